The summed E-state index contributed by atoms with van der Waals surface area (Å²) in [6.45, 7) is 7.01. The minimum Gasteiger partial charge on any atom is -0.457 e. The molecule has 2 amide bonds. The third-order valence-electron chi connectivity index (χ3n) is 5.47. The van der Waals surface area contributed by atoms with Crippen LogP contribution in [0.1, 0.15) is 32.9 Å². The number of nitrogens with zero attached hydrogens (tertiary/aromatic N) is 3. The van der Waals surface area contributed by atoms with Crippen molar-refractivity contribution in [3.63, 3.8) is 0 Å². The maximum Gasteiger partial charge on any atom is 0.324 e. The van der Waals surface area contributed by atoms with E-state index in [1.165, 1.54) is 0 Å². The number of hydrogen-bond acceptors (Lipinski definition) is 6. The Bertz CT molecular complexity index is 1310. The van der Waals surface area contributed by atoms with Crippen LogP contribution in [0.15, 0.2) is 79.1 Å². The van der Waals surface area contributed by atoms with E-state index in [0.29, 0.717) is 36.0 Å². The molecule has 4 aromatic rings. The first kappa shape index (κ1) is 25.7. The van der Waals surface area contributed by atoms with E-state index in [0.717, 1.165) is 17.1 Å². The molecule has 0 aliphatic heterocycles. The molecule has 0 atom stereocenters. The van der Waals surface area contributed by atoms with E-state index in [1.807, 2.05) is 30.3 Å². The summed E-state index contributed by atoms with van der Waals surface area (Å²) in [5, 5.41) is 22.9. The predicted molar refractivity (Wildman–Crippen MR) is 146 cm³/mol. The van der Waals surface area contributed by atoms with E-state index in [2.05, 4.69) is 41.7 Å². The molecule has 9 heteroatoms. The van der Waals surface area contributed by atoms with Crippen LogP contribution < -0.4 is 20.7 Å². The Morgan fingerprint density at radius 3 is 2.38 bits per heavy atom. The molecule has 192 valence electrons. The number of anilines is 3. The van der Waals surface area contributed by atoms with Crippen LogP contribution in [-0.4, -0.2) is 39.1 Å². The zero-order valence-corrected chi connectivity index (χ0v) is 21.2. The molecule has 0 aliphatic carbocycles. The van der Waals surface area contributed by atoms with Gasteiger partial charge in [0.05, 0.1) is 11.4 Å². The van der Waals surface area contributed by atoms with Crippen molar-refractivity contribution >= 4 is 23.2 Å². The largest absolute Gasteiger partial charge is 0.457 e. The number of carbonyl (C=O) groups is 1. The first-order valence-electron chi connectivity index (χ1n) is 12.1. The summed E-state index contributed by atoms with van der Waals surface area (Å²) in [4.78, 5) is 16.9. The van der Waals surface area contributed by atoms with Gasteiger partial charge in [0.15, 0.2) is 0 Å². The van der Waals surface area contributed by atoms with Gasteiger partial charge in [0, 0.05) is 48.4 Å². The number of aliphatic hydroxyl groups excluding tert-OH is 1. The maximum atomic E-state index is 12.9. The molecule has 0 aliphatic rings. The predicted octanol–water partition coefficient (Wildman–Crippen LogP) is 5.80. The second-order valence-electron chi connectivity index (χ2n) is 9.52. The van der Waals surface area contributed by atoms with Gasteiger partial charge >= 0.3 is 6.03 Å². The lowest BCUT2D eigenvalue weighted by Gasteiger charge is -2.14. The van der Waals surface area contributed by atoms with E-state index in [9.17, 15) is 4.79 Å². The van der Waals surface area contributed by atoms with E-state index >= 15 is 0 Å². The number of hydrogen-bond donors (Lipinski definition) is 4. The smallest absolute Gasteiger partial charge is 0.324 e. The first-order valence-corrected chi connectivity index (χ1v) is 12.1. The normalized spacial score (nSPS) is 11.1. The molecule has 0 radical (unpaired) electrons. The van der Waals surface area contributed by atoms with Gasteiger partial charge in [-0.3, -0.25) is 10.3 Å². The lowest BCUT2D eigenvalue weighted by atomic mass is 9.92. The fraction of sp³-hybridized carbons (Fsp3) is 0.250. The zero-order chi connectivity index (χ0) is 26.3. The highest BCUT2D eigenvalue weighted by Crippen LogP contribution is 2.28. The topological polar surface area (TPSA) is 113 Å². The van der Waals surface area contributed by atoms with Crippen LogP contribution in [-0.2, 0) is 5.41 Å². The van der Waals surface area contributed by atoms with Gasteiger partial charge in [0.1, 0.15) is 17.3 Å². The second-order valence-corrected chi connectivity index (χ2v) is 9.52. The van der Waals surface area contributed by atoms with Crippen LogP contribution in [0.2, 0.25) is 0 Å². The zero-order valence-electron chi connectivity index (χ0n) is 21.2. The fourth-order valence-electron chi connectivity index (χ4n) is 3.52. The van der Waals surface area contributed by atoms with Crippen molar-refractivity contribution in [1.82, 2.24) is 14.8 Å². The third-order valence-corrected chi connectivity index (χ3v) is 5.47. The minimum absolute atomic E-state index is 0.129. The number of aromatic nitrogens is 3. The molecule has 0 bridgehead atoms. The fourth-order valence-corrected chi connectivity index (χ4v) is 3.52. The summed E-state index contributed by atoms with van der Waals surface area (Å²) < 4.78 is 7.50. The summed E-state index contributed by atoms with van der Waals surface area (Å²) in [5.74, 6) is 1.88. The molecular formula is C28H32N6O3. The van der Waals surface area contributed by atoms with E-state index in [1.54, 1.807) is 53.5 Å². The number of aliphatic hydroxyl groups is 1. The van der Waals surface area contributed by atoms with Crippen LogP contribution in [0.4, 0.5) is 22.0 Å². The quantitative estimate of drug-likeness (QED) is 0.216. The Hall–Kier alpha value is -4.37. The van der Waals surface area contributed by atoms with E-state index < -0.39 is 0 Å². The summed E-state index contributed by atoms with van der Waals surface area (Å²) in [6.07, 6.45) is 3.98. The average Bonchev–Trinajstić information content (AvgIpc) is 3.30. The molecule has 9 nitrogen and oxygen atoms in total. The van der Waals surface area contributed by atoms with Gasteiger partial charge in [-0.2, -0.15) is 5.10 Å². The van der Waals surface area contributed by atoms with Crippen LogP contribution in [0, 0.1) is 0 Å². The van der Waals surface area contributed by atoms with Gasteiger partial charge in [-0.1, -0.05) is 26.8 Å². The minimum atomic E-state index is -0.387. The average molecular weight is 501 g/mol. The molecule has 0 saturated carbocycles. The lowest BCUT2D eigenvalue weighted by molar-refractivity contribution is 0.262. The van der Waals surface area contributed by atoms with Crippen molar-refractivity contribution in [1.29, 1.82) is 0 Å². The summed E-state index contributed by atoms with van der Waals surface area (Å²) in [6, 6.07) is 19.9. The Balaban J connectivity index is 1.49. The highest BCUT2D eigenvalue weighted by atomic mass is 16.5. The Morgan fingerprint density at radius 2 is 1.68 bits per heavy atom. The standard InChI is InChI=1S/C28H32N6O3/c1-28(2,3)25-19-26(34(33-25)22-7-4-6-21(18-22)30-14-5-17-35)32-27(36)31-20-8-10-23(11-9-20)37-24-12-15-29-16-13-24/h4,6-13,15-16,18-19,30,35H,5,14,17H2,1-3H3,(H2,31,32,36). The van der Waals surface area contributed by atoms with Crippen LogP contribution in [0.3, 0.4) is 0 Å². The number of rotatable bonds is 9. The number of amides is 2. The summed E-state index contributed by atoms with van der Waals surface area (Å²) in [5.41, 5.74) is 2.97. The highest BCUT2D eigenvalue weighted by Gasteiger charge is 2.21. The number of urea groups is 1. The van der Waals surface area contributed by atoms with Crippen molar-refractivity contribution in [2.45, 2.75) is 32.6 Å². The molecule has 2 heterocycles. The van der Waals surface area contributed by atoms with Gasteiger partial charge < -0.3 is 20.5 Å². The Kier molecular flexibility index (Phi) is 8.05. The summed E-state index contributed by atoms with van der Waals surface area (Å²) >= 11 is 0. The third kappa shape index (κ3) is 7.08. The number of pyridine rings is 1. The van der Waals surface area contributed by atoms with Crippen molar-refractivity contribution in [2.24, 2.45) is 0 Å². The van der Waals surface area contributed by atoms with Crippen molar-refractivity contribution in [3.8, 4) is 17.2 Å². The molecule has 4 rings (SSSR count). The molecule has 0 saturated heterocycles. The molecule has 2 aromatic heterocycles. The van der Waals surface area contributed by atoms with Gasteiger partial charge in [-0.05, 0) is 61.0 Å². The van der Waals surface area contributed by atoms with E-state index in [-0.39, 0.29) is 18.1 Å². The van der Waals surface area contributed by atoms with Crippen LogP contribution in [0.25, 0.3) is 5.69 Å². The van der Waals surface area contributed by atoms with Gasteiger partial charge in [0.25, 0.3) is 0 Å². The first-order chi connectivity index (χ1) is 17.8. The van der Waals surface area contributed by atoms with Gasteiger partial charge in [0.2, 0.25) is 0 Å². The highest BCUT2D eigenvalue weighted by molar-refractivity contribution is 5.99. The molecule has 37 heavy (non-hydrogen) atoms. The molecule has 0 fully saturated rings. The van der Waals surface area contributed by atoms with Crippen LogP contribution >= 0.6 is 0 Å². The molecule has 4 N–H and O–H groups in total. The second kappa shape index (κ2) is 11.6. The maximum absolute atomic E-state index is 12.9. The molecule has 0 spiro atoms. The number of carbonyl (C=O) groups excluding carboxylic acids is 1. The monoisotopic (exact) mass is 500 g/mol. The van der Waals surface area contributed by atoms with Gasteiger partial charge in [-0.25, -0.2) is 9.48 Å². The van der Waals surface area contributed by atoms with Crippen molar-refractivity contribution in [3.05, 3.63) is 84.8 Å². The van der Waals surface area contributed by atoms with Gasteiger partial charge in [-0.15, -0.1) is 0 Å². The number of nitrogens with one attached hydrogen (secondary N) is 3. The molecule has 2 aromatic carbocycles. The summed E-state index contributed by atoms with van der Waals surface area (Å²) in [7, 11) is 0. The van der Waals surface area contributed by atoms with Crippen LogP contribution in [0.5, 0.6) is 11.5 Å². The van der Waals surface area contributed by atoms with E-state index in [4.69, 9.17) is 14.9 Å². The number of ether oxygens (including phenoxy) is 1. The Labute approximate surface area is 216 Å². The molecular weight excluding hydrogens is 468 g/mol. The van der Waals surface area contributed by atoms with Crippen molar-refractivity contribution in [2.75, 3.05) is 29.1 Å². The lowest BCUT2D eigenvalue weighted by Crippen LogP contribution is -2.21. The SMILES string of the molecule is CC(C)(C)c1cc(NC(=O)Nc2ccc(Oc3ccncc3)cc2)n(-c2cccc(NCCCO)c2)n1. The number of benzene rings is 2. The molecule has 0 unspecified atom stereocenters. The Morgan fingerprint density at radius 1 is 0.946 bits per heavy atom. The van der Waals surface area contributed by atoms with Crippen molar-refractivity contribution < 1.29 is 14.6 Å².